The molecule has 0 fully saturated rings. The van der Waals surface area contributed by atoms with Gasteiger partial charge in [0.15, 0.2) is 0 Å². The van der Waals surface area contributed by atoms with Gasteiger partial charge in [-0.1, -0.05) is 0 Å². The van der Waals surface area contributed by atoms with Crippen LogP contribution >= 0.6 is 0 Å². The highest BCUT2D eigenvalue weighted by Crippen LogP contribution is 2.04. The third-order valence-electron chi connectivity index (χ3n) is 2.31. The van der Waals surface area contributed by atoms with Gasteiger partial charge < -0.3 is 9.88 Å². The maximum atomic E-state index is 11.7. The number of aromatic nitrogens is 3. The van der Waals surface area contributed by atoms with E-state index in [1.807, 2.05) is 6.92 Å². The van der Waals surface area contributed by atoms with E-state index in [1.54, 1.807) is 18.5 Å². The molecule has 17 heavy (non-hydrogen) atoms. The molecule has 0 aliphatic carbocycles. The summed E-state index contributed by atoms with van der Waals surface area (Å²) < 4.78 is 2.84. The van der Waals surface area contributed by atoms with E-state index >= 15 is 0 Å². The van der Waals surface area contributed by atoms with E-state index < -0.39 is 0 Å². The first kappa shape index (κ1) is 11.1. The average molecular weight is 232 g/mol. The highest BCUT2D eigenvalue weighted by atomic mass is 16.2. The predicted molar refractivity (Wildman–Crippen MR) is 63.0 cm³/mol. The van der Waals surface area contributed by atoms with Gasteiger partial charge in [0, 0.05) is 31.2 Å². The van der Waals surface area contributed by atoms with E-state index in [0.29, 0.717) is 12.2 Å². The van der Waals surface area contributed by atoms with Crippen molar-refractivity contribution in [1.29, 1.82) is 0 Å². The topological polar surface area (TPSA) is 68.9 Å². The number of pyridine rings is 1. The number of hydrogen-bond donors (Lipinski definition) is 1. The van der Waals surface area contributed by atoms with Crippen molar-refractivity contribution in [1.82, 2.24) is 14.1 Å². The van der Waals surface area contributed by atoms with Gasteiger partial charge in [0.05, 0.1) is 5.69 Å². The lowest BCUT2D eigenvalue weighted by Gasteiger charge is -2.07. The highest BCUT2D eigenvalue weighted by molar-refractivity contribution is 5.90. The Morgan fingerprint density at radius 1 is 1.47 bits per heavy atom. The van der Waals surface area contributed by atoms with E-state index in [0.717, 1.165) is 0 Å². The summed E-state index contributed by atoms with van der Waals surface area (Å²) in [5, 5.41) is 2.67. The second-order valence-electron chi connectivity index (χ2n) is 3.44. The Balaban J connectivity index is 2.19. The number of carbonyl (C=O) groups is 1. The van der Waals surface area contributed by atoms with Gasteiger partial charge >= 0.3 is 6.03 Å². The molecule has 0 aliphatic heterocycles. The zero-order chi connectivity index (χ0) is 12.3. The molecule has 2 heterocycles. The van der Waals surface area contributed by atoms with Crippen molar-refractivity contribution in [2.75, 3.05) is 5.32 Å². The Hall–Kier alpha value is -2.37. The molecule has 1 N–H and O–H groups in total. The number of nitrogens with one attached hydrogen (secondary N) is 1. The van der Waals surface area contributed by atoms with Crippen molar-refractivity contribution < 1.29 is 4.79 Å². The largest absolute Gasteiger partial charge is 0.331 e. The summed E-state index contributed by atoms with van der Waals surface area (Å²) in [7, 11) is 0. The summed E-state index contributed by atoms with van der Waals surface area (Å²) in [6.07, 6.45) is 6.08. The van der Waals surface area contributed by atoms with Crippen molar-refractivity contribution >= 4 is 11.7 Å². The van der Waals surface area contributed by atoms with Crippen LogP contribution in [0.2, 0.25) is 0 Å². The molecule has 88 valence electrons. The maximum Gasteiger partial charge on any atom is 0.331 e. The van der Waals surface area contributed by atoms with Gasteiger partial charge in [-0.3, -0.25) is 9.36 Å². The summed E-state index contributed by atoms with van der Waals surface area (Å²) in [5.74, 6) is 0. The lowest BCUT2D eigenvalue weighted by molar-refractivity contribution is 0.253. The Labute approximate surface area is 97.5 Å². The summed E-state index contributed by atoms with van der Waals surface area (Å²) in [6.45, 7) is 2.43. The molecule has 0 aliphatic rings. The molecule has 0 unspecified atom stereocenters. The molecule has 0 aromatic carbocycles. The Morgan fingerprint density at radius 3 is 2.94 bits per heavy atom. The Kier molecular flexibility index (Phi) is 3.04. The van der Waals surface area contributed by atoms with Gasteiger partial charge in [-0.05, 0) is 13.0 Å². The van der Waals surface area contributed by atoms with Crippen LogP contribution in [0, 0.1) is 0 Å². The lowest BCUT2D eigenvalue weighted by Crippen LogP contribution is -2.21. The quantitative estimate of drug-likeness (QED) is 0.844. The van der Waals surface area contributed by atoms with Crippen LogP contribution in [0.4, 0.5) is 10.5 Å². The lowest BCUT2D eigenvalue weighted by atomic mass is 10.4. The zero-order valence-corrected chi connectivity index (χ0v) is 9.33. The molecule has 2 aromatic rings. The van der Waals surface area contributed by atoms with E-state index in [1.165, 1.54) is 27.7 Å². The van der Waals surface area contributed by atoms with Crippen molar-refractivity contribution in [3.05, 3.63) is 47.4 Å². The second-order valence-corrected chi connectivity index (χ2v) is 3.44. The molecule has 0 bridgehead atoms. The minimum absolute atomic E-state index is 0.0897. The van der Waals surface area contributed by atoms with E-state index in [-0.39, 0.29) is 11.6 Å². The van der Waals surface area contributed by atoms with Gasteiger partial charge in [-0.15, -0.1) is 0 Å². The third kappa shape index (κ3) is 2.41. The SMILES string of the molecule is CCn1cc(NC(=O)n2ccnc2)ccc1=O. The van der Waals surface area contributed by atoms with Crippen LogP contribution in [0.3, 0.4) is 0 Å². The number of rotatable bonds is 2. The van der Waals surface area contributed by atoms with Crippen molar-refractivity contribution in [2.24, 2.45) is 0 Å². The average Bonchev–Trinajstić information content (AvgIpc) is 2.85. The van der Waals surface area contributed by atoms with Crippen LogP contribution in [0.25, 0.3) is 0 Å². The summed E-state index contributed by atoms with van der Waals surface area (Å²) in [4.78, 5) is 26.8. The number of nitrogens with zero attached hydrogens (tertiary/aromatic N) is 3. The Morgan fingerprint density at radius 2 is 2.29 bits per heavy atom. The second kappa shape index (κ2) is 4.65. The fourth-order valence-corrected chi connectivity index (χ4v) is 1.42. The predicted octanol–water partition coefficient (Wildman–Crippen LogP) is 1.14. The van der Waals surface area contributed by atoms with Crippen molar-refractivity contribution in [2.45, 2.75) is 13.5 Å². The van der Waals surface area contributed by atoms with Crippen LogP contribution in [0.5, 0.6) is 0 Å². The first-order valence-electron chi connectivity index (χ1n) is 5.20. The molecular formula is C11H12N4O2. The van der Waals surface area contributed by atoms with Gasteiger partial charge in [0.2, 0.25) is 0 Å². The molecule has 6 heteroatoms. The van der Waals surface area contributed by atoms with E-state index in [4.69, 9.17) is 0 Å². The first-order valence-corrected chi connectivity index (χ1v) is 5.20. The number of hydrogen-bond acceptors (Lipinski definition) is 3. The molecule has 0 atom stereocenters. The fourth-order valence-electron chi connectivity index (χ4n) is 1.42. The summed E-state index contributed by atoms with van der Waals surface area (Å²) >= 11 is 0. The summed E-state index contributed by atoms with van der Waals surface area (Å²) in [5.41, 5.74) is 0.485. The minimum atomic E-state index is -0.316. The molecule has 2 rings (SSSR count). The zero-order valence-electron chi connectivity index (χ0n) is 9.33. The van der Waals surface area contributed by atoms with Gasteiger partial charge in [0.1, 0.15) is 6.33 Å². The molecule has 0 radical (unpaired) electrons. The monoisotopic (exact) mass is 232 g/mol. The van der Waals surface area contributed by atoms with Crippen LogP contribution in [-0.2, 0) is 6.54 Å². The molecule has 0 saturated carbocycles. The number of amides is 1. The standard InChI is InChI=1S/C11H12N4O2/c1-2-14-7-9(3-4-10(14)16)13-11(17)15-6-5-12-8-15/h3-8H,2H2,1H3,(H,13,17). The highest BCUT2D eigenvalue weighted by Gasteiger charge is 2.04. The molecular weight excluding hydrogens is 220 g/mol. The van der Waals surface area contributed by atoms with Gasteiger partial charge in [-0.2, -0.15) is 0 Å². The first-order chi connectivity index (χ1) is 8.20. The van der Waals surface area contributed by atoms with Gasteiger partial charge in [-0.25, -0.2) is 9.78 Å². The van der Waals surface area contributed by atoms with Crippen LogP contribution in [-0.4, -0.2) is 20.1 Å². The molecule has 1 amide bonds. The number of imidazole rings is 1. The normalized spacial score (nSPS) is 10.2. The third-order valence-corrected chi connectivity index (χ3v) is 2.31. The summed E-state index contributed by atoms with van der Waals surface area (Å²) in [6, 6.07) is 2.68. The molecule has 0 saturated heterocycles. The molecule has 6 nitrogen and oxygen atoms in total. The Bertz CT molecular complexity index is 571. The number of carbonyl (C=O) groups excluding carboxylic acids is 1. The van der Waals surface area contributed by atoms with Gasteiger partial charge in [0.25, 0.3) is 5.56 Å². The van der Waals surface area contributed by atoms with Crippen LogP contribution in [0.1, 0.15) is 6.92 Å². The van der Waals surface area contributed by atoms with Crippen molar-refractivity contribution in [3.63, 3.8) is 0 Å². The maximum absolute atomic E-state index is 11.7. The molecule has 0 spiro atoms. The van der Waals surface area contributed by atoms with Crippen LogP contribution < -0.4 is 10.9 Å². The van der Waals surface area contributed by atoms with Crippen molar-refractivity contribution in [3.8, 4) is 0 Å². The minimum Gasteiger partial charge on any atom is -0.314 e. The van der Waals surface area contributed by atoms with E-state index in [9.17, 15) is 9.59 Å². The van der Waals surface area contributed by atoms with Crippen LogP contribution in [0.15, 0.2) is 41.8 Å². The number of anilines is 1. The number of aryl methyl sites for hydroxylation is 1. The smallest absolute Gasteiger partial charge is 0.314 e. The molecule has 2 aromatic heterocycles. The van der Waals surface area contributed by atoms with E-state index in [2.05, 4.69) is 10.3 Å². The fraction of sp³-hybridized carbons (Fsp3) is 0.182.